The first-order chi connectivity index (χ1) is 4.27. The van der Waals surface area contributed by atoms with E-state index in [0.29, 0.717) is 4.49 Å². The van der Waals surface area contributed by atoms with Crippen molar-refractivity contribution in [1.82, 2.24) is 0 Å². The number of hydrogen-bond donors (Lipinski definition) is 0. The highest BCUT2D eigenvalue weighted by Gasteiger charge is 1.84. The Kier molecular flexibility index (Phi) is 6.67. The van der Waals surface area contributed by atoms with Crippen molar-refractivity contribution in [2.45, 2.75) is 26.2 Å². The molecule has 0 heterocycles. The van der Waals surface area contributed by atoms with Crippen LogP contribution in [0.3, 0.4) is 0 Å². The fourth-order valence-electron chi connectivity index (χ4n) is 0.533. The van der Waals surface area contributed by atoms with Crippen LogP contribution in [0, 0.1) is 6.42 Å². The summed E-state index contributed by atoms with van der Waals surface area (Å²) in [4.78, 5) is 0. The molecule has 0 N–H and O–H groups in total. The van der Waals surface area contributed by atoms with Gasteiger partial charge in [0.25, 0.3) is 0 Å². The maximum atomic E-state index is 5.37. The van der Waals surface area contributed by atoms with Gasteiger partial charge in [-0.05, 0) is 19.3 Å². The SMILES string of the molecule is C[CH]CCCC=C(Cl)Cl. The van der Waals surface area contributed by atoms with Crippen molar-refractivity contribution in [2.24, 2.45) is 0 Å². The van der Waals surface area contributed by atoms with Gasteiger partial charge in [0.2, 0.25) is 0 Å². The second-order valence-electron chi connectivity index (χ2n) is 1.83. The molecule has 0 fully saturated rings. The maximum absolute atomic E-state index is 5.37. The Labute approximate surface area is 66.8 Å². The summed E-state index contributed by atoms with van der Waals surface area (Å²) < 4.78 is 0.381. The lowest BCUT2D eigenvalue weighted by Crippen LogP contribution is -1.70. The van der Waals surface area contributed by atoms with Crippen LogP contribution in [0.5, 0.6) is 0 Å². The van der Waals surface area contributed by atoms with E-state index in [-0.39, 0.29) is 0 Å². The molecule has 0 spiro atoms. The Morgan fingerprint density at radius 2 is 2.00 bits per heavy atom. The zero-order valence-electron chi connectivity index (χ0n) is 5.53. The van der Waals surface area contributed by atoms with Gasteiger partial charge in [-0.1, -0.05) is 42.6 Å². The number of hydrogen-bond acceptors (Lipinski definition) is 0. The molecule has 0 rings (SSSR count). The number of allylic oxidation sites excluding steroid dienone is 1. The first-order valence-electron chi connectivity index (χ1n) is 3.06. The van der Waals surface area contributed by atoms with E-state index in [0.717, 1.165) is 19.3 Å². The van der Waals surface area contributed by atoms with Gasteiger partial charge in [-0.15, -0.1) is 0 Å². The Balaban J connectivity index is 3.00. The van der Waals surface area contributed by atoms with Gasteiger partial charge in [0.15, 0.2) is 0 Å². The fraction of sp³-hybridized carbons (Fsp3) is 0.571. The molecule has 0 amide bonds. The normalized spacial score (nSPS) is 9.22. The highest BCUT2D eigenvalue weighted by Crippen LogP contribution is 2.09. The Morgan fingerprint density at radius 3 is 2.44 bits per heavy atom. The summed E-state index contributed by atoms with van der Waals surface area (Å²) in [5, 5.41) is 0. The van der Waals surface area contributed by atoms with Gasteiger partial charge >= 0.3 is 0 Å². The summed E-state index contributed by atoms with van der Waals surface area (Å²) in [5.41, 5.74) is 0. The smallest absolute Gasteiger partial charge is 0.0713 e. The van der Waals surface area contributed by atoms with Crippen molar-refractivity contribution >= 4 is 23.2 Å². The van der Waals surface area contributed by atoms with Crippen molar-refractivity contribution < 1.29 is 0 Å². The van der Waals surface area contributed by atoms with E-state index >= 15 is 0 Å². The average Bonchev–Trinajstić information content (AvgIpc) is 1.80. The fourth-order valence-corrected chi connectivity index (χ4v) is 0.751. The van der Waals surface area contributed by atoms with Gasteiger partial charge in [-0.2, -0.15) is 0 Å². The summed E-state index contributed by atoms with van der Waals surface area (Å²) in [7, 11) is 0. The molecule has 0 aliphatic rings. The molecule has 0 unspecified atom stereocenters. The molecule has 0 nitrogen and oxygen atoms in total. The van der Waals surface area contributed by atoms with Crippen LogP contribution < -0.4 is 0 Å². The lowest BCUT2D eigenvalue weighted by atomic mass is 10.2. The number of unbranched alkanes of at least 4 members (excludes halogenated alkanes) is 3. The molecule has 0 aliphatic carbocycles. The standard InChI is InChI=1S/C7H11Cl2/c1-2-3-4-5-6-7(8)9/h2,6H,3-5H2,1H3. The zero-order chi connectivity index (χ0) is 7.11. The van der Waals surface area contributed by atoms with Crippen LogP contribution in [0.15, 0.2) is 10.6 Å². The molecule has 0 aliphatic heterocycles. The van der Waals surface area contributed by atoms with E-state index in [1.807, 2.05) is 13.0 Å². The van der Waals surface area contributed by atoms with E-state index < -0.39 is 0 Å². The van der Waals surface area contributed by atoms with Crippen LogP contribution in [0.25, 0.3) is 0 Å². The highest BCUT2D eigenvalue weighted by atomic mass is 35.5. The molecular weight excluding hydrogens is 155 g/mol. The van der Waals surface area contributed by atoms with Gasteiger partial charge in [-0.25, -0.2) is 0 Å². The zero-order valence-corrected chi connectivity index (χ0v) is 7.04. The quantitative estimate of drug-likeness (QED) is 0.558. The first-order valence-corrected chi connectivity index (χ1v) is 3.82. The van der Waals surface area contributed by atoms with Crippen molar-refractivity contribution in [1.29, 1.82) is 0 Å². The minimum absolute atomic E-state index is 0.381. The Morgan fingerprint density at radius 1 is 1.33 bits per heavy atom. The van der Waals surface area contributed by atoms with Crippen LogP contribution in [-0.2, 0) is 0 Å². The molecular formula is C7H11Cl2. The predicted molar refractivity (Wildman–Crippen MR) is 43.6 cm³/mol. The predicted octanol–water partition coefficient (Wildman–Crippen LogP) is 3.70. The van der Waals surface area contributed by atoms with Crippen LogP contribution in [-0.4, -0.2) is 0 Å². The number of rotatable bonds is 4. The number of halogens is 2. The molecule has 0 aromatic carbocycles. The van der Waals surface area contributed by atoms with E-state index in [9.17, 15) is 0 Å². The summed E-state index contributed by atoms with van der Waals surface area (Å²) in [5.74, 6) is 0. The molecule has 0 saturated heterocycles. The van der Waals surface area contributed by atoms with Gasteiger partial charge in [0.1, 0.15) is 4.49 Å². The van der Waals surface area contributed by atoms with Crippen molar-refractivity contribution in [2.75, 3.05) is 0 Å². The molecule has 0 aromatic heterocycles. The van der Waals surface area contributed by atoms with Crippen molar-refractivity contribution in [3.8, 4) is 0 Å². The van der Waals surface area contributed by atoms with Crippen molar-refractivity contribution in [3.63, 3.8) is 0 Å². The lowest BCUT2D eigenvalue weighted by molar-refractivity contribution is 0.828. The van der Waals surface area contributed by atoms with E-state index in [1.165, 1.54) is 0 Å². The highest BCUT2D eigenvalue weighted by molar-refractivity contribution is 6.55. The third-order valence-corrected chi connectivity index (χ3v) is 1.30. The molecule has 0 aromatic rings. The summed E-state index contributed by atoms with van der Waals surface area (Å²) in [6.45, 7) is 2.05. The van der Waals surface area contributed by atoms with Crippen LogP contribution in [0.2, 0.25) is 0 Å². The summed E-state index contributed by atoms with van der Waals surface area (Å²) in [6, 6.07) is 0. The molecule has 2 heteroatoms. The average molecular weight is 166 g/mol. The molecule has 9 heavy (non-hydrogen) atoms. The molecule has 0 atom stereocenters. The Hall–Kier alpha value is 0.320. The van der Waals surface area contributed by atoms with Gasteiger partial charge in [0, 0.05) is 0 Å². The maximum Gasteiger partial charge on any atom is 0.102 e. The first kappa shape index (κ1) is 9.32. The minimum atomic E-state index is 0.381. The van der Waals surface area contributed by atoms with E-state index in [1.54, 1.807) is 0 Å². The second-order valence-corrected chi connectivity index (χ2v) is 2.84. The van der Waals surface area contributed by atoms with Crippen molar-refractivity contribution in [3.05, 3.63) is 17.0 Å². The largest absolute Gasteiger partial charge is 0.102 e. The summed E-state index contributed by atoms with van der Waals surface area (Å²) in [6.07, 6.45) is 7.21. The lowest BCUT2D eigenvalue weighted by Gasteiger charge is -1.89. The second kappa shape index (κ2) is 6.44. The van der Waals surface area contributed by atoms with Crippen LogP contribution >= 0.6 is 23.2 Å². The van der Waals surface area contributed by atoms with E-state index in [4.69, 9.17) is 23.2 Å². The minimum Gasteiger partial charge on any atom is -0.0713 e. The van der Waals surface area contributed by atoms with Gasteiger partial charge in [-0.3, -0.25) is 0 Å². The summed E-state index contributed by atoms with van der Waals surface area (Å²) >= 11 is 10.7. The van der Waals surface area contributed by atoms with Crippen LogP contribution in [0.4, 0.5) is 0 Å². The molecule has 1 radical (unpaired) electrons. The molecule has 0 bridgehead atoms. The third-order valence-electron chi connectivity index (χ3n) is 0.996. The molecule has 0 saturated carbocycles. The monoisotopic (exact) mass is 165 g/mol. The van der Waals surface area contributed by atoms with E-state index in [2.05, 4.69) is 6.42 Å². The van der Waals surface area contributed by atoms with Crippen LogP contribution in [0.1, 0.15) is 26.2 Å². The topological polar surface area (TPSA) is 0 Å². The molecule has 53 valence electrons. The Bertz CT molecular complexity index is 82.9. The third kappa shape index (κ3) is 8.32. The van der Waals surface area contributed by atoms with Gasteiger partial charge in [0.05, 0.1) is 0 Å². The van der Waals surface area contributed by atoms with Gasteiger partial charge < -0.3 is 0 Å².